The Balaban J connectivity index is 1.84. The highest BCUT2D eigenvalue weighted by Gasteiger charge is 2.27. The number of nitrogens with zero attached hydrogens (tertiary/aromatic N) is 2. The lowest BCUT2D eigenvalue weighted by Gasteiger charge is -2.23. The molecule has 0 saturated heterocycles. The zero-order valence-corrected chi connectivity index (χ0v) is 17.0. The van der Waals surface area contributed by atoms with E-state index in [1.54, 1.807) is 24.3 Å². The predicted octanol–water partition coefficient (Wildman–Crippen LogP) is 3.48. The third-order valence-corrected chi connectivity index (χ3v) is 6.00. The fourth-order valence-electron chi connectivity index (χ4n) is 2.64. The first kappa shape index (κ1) is 21.2. The summed E-state index contributed by atoms with van der Waals surface area (Å²) in [5.74, 6) is -1.17. The van der Waals surface area contributed by atoms with Gasteiger partial charge in [-0.25, -0.2) is 18.2 Å². The van der Waals surface area contributed by atoms with Gasteiger partial charge in [0, 0.05) is 0 Å². The number of benzene rings is 3. The number of hydrogen-bond donors (Lipinski definition) is 1. The van der Waals surface area contributed by atoms with Crippen LogP contribution in [0.3, 0.4) is 0 Å². The minimum absolute atomic E-state index is 0.120. The Bertz CT molecular complexity index is 1130. The Morgan fingerprint density at radius 1 is 1.00 bits per heavy atom. The normalized spacial score (nSPS) is 11.4. The van der Waals surface area contributed by atoms with Gasteiger partial charge in [0.2, 0.25) is 0 Å². The average Bonchev–Trinajstić information content (AvgIpc) is 2.74. The van der Waals surface area contributed by atoms with Crippen molar-refractivity contribution in [2.24, 2.45) is 5.10 Å². The summed E-state index contributed by atoms with van der Waals surface area (Å²) in [5.41, 5.74) is 4.38. The van der Waals surface area contributed by atoms with E-state index in [1.165, 1.54) is 6.21 Å². The molecule has 0 radical (unpaired) electrons. The third-order valence-electron chi connectivity index (χ3n) is 4.21. The largest absolute Gasteiger partial charge is 0.271 e. The summed E-state index contributed by atoms with van der Waals surface area (Å²) >= 11 is 0. The first-order valence-corrected chi connectivity index (χ1v) is 10.5. The molecule has 3 aromatic carbocycles. The minimum Gasteiger partial charge on any atom is -0.271 e. The molecular weight excluding hydrogens is 405 g/mol. The van der Waals surface area contributed by atoms with Crippen LogP contribution in [0.15, 0.2) is 88.9 Å². The van der Waals surface area contributed by atoms with Crippen LogP contribution in [0.25, 0.3) is 0 Å². The van der Waals surface area contributed by atoms with Crippen molar-refractivity contribution in [3.63, 3.8) is 0 Å². The van der Waals surface area contributed by atoms with Gasteiger partial charge < -0.3 is 0 Å². The molecule has 3 aromatic rings. The smallest absolute Gasteiger partial charge is 0.264 e. The number of sulfonamides is 1. The van der Waals surface area contributed by atoms with Crippen LogP contribution in [0.2, 0.25) is 0 Å². The lowest BCUT2D eigenvalue weighted by Crippen LogP contribution is -2.39. The molecule has 0 unspecified atom stereocenters. The van der Waals surface area contributed by atoms with Crippen molar-refractivity contribution in [1.82, 2.24) is 5.43 Å². The molecule has 0 aliphatic heterocycles. The fourth-order valence-corrected chi connectivity index (χ4v) is 4.06. The molecule has 8 heteroatoms. The Morgan fingerprint density at radius 3 is 2.27 bits per heavy atom. The highest BCUT2D eigenvalue weighted by Crippen LogP contribution is 2.24. The maximum Gasteiger partial charge on any atom is 0.264 e. The monoisotopic (exact) mass is 425 g/mol. The molecule has 3 rings (SSSR count). The minimum atomic E-state index is -4.10. The second-order valence-corrected chi connectivity index (χ2v) is 8.37. The molecular formula is C22H20FN3O3S. The summed E-state index contributed by atoms with van der Waals surface area (Å²) in [4.78, 5) is 12.3. The lowest BCUT2D eigenvalue weighted by atomic mass is 10.2. The Morgan fingerprint density at radius 2 is 1.63 bits per heavy atom. The van der Waals surface area contributed by atoms with Gasteiger partial charge in [-0.1, -0.05) is 48.0 Å². The van der Waals surface area contributed by atoms with Crippen LogP contribution < -0.4 is 9.73 Å². The third kappa shape index (κ3) is 5.30. The van der Waals surface area contributed by atoms with Crippen molar-refractivity contribution in [2.45, 2.75) is 11.8 Å². The number of halogens is 1. The zero-order valence-electron chi connectivity index (χ0n) is 16.2. The Kier molecular flexibility index (Phi) is 6.58. The van der Waals surface area contributed by atoms with Crippen molar-refractivity contribution in [3.8, 4) is 0 Å². The fraction of sp³-hybridized carbons (Fsp3) is 0.0909. The van der Waals surface area contributed by atoms with E-state index in [1.807, 2.05) is 37.3 Å². The van der Waals surface area contributed by atoms with Crippen molar-refractivity contribution in [3.05, 3.63) is 95.8 Å². The van der Waals surface area contributed by atoms with Crippen molar-refractivity contribution in [2.75, 3.05) is 10.8 Å². The van der Waals surface area contributed by atoms with E-state index in [4.69, 9.17) is 0 Å². The van der Waals surface area contributed by atoms with E-state index in [2.05, 4.69) is 10.5 Å². The number of carbonyl (C=O) groups excluding carboxylic acids is 1. The Hall–Kier alpha value is -3.52. The standard InChI is InChI=1S/C22H20FN3O3S/c1-17-7-11-20(12-8-17)26(30(28,29)21-13-9-19(23)10-14-21)16-22(27)25-24-15-18-5-3-2-4-6-18/h2-15H,16H2,1H3,(H,25,27). The predicted molar refractivity (Wildman–Crippen MR) is 114 cm³/mol. The first-order valence-electron chi connectivity index (χ1n) is 9.08. The molecule has 1 amide bonds. The summed E-state index contributed by atoms with van der Waals surface area (Å²) in [6.07, 6.45) is 1.46. The van der Waals surface area contributed by atoms with E-state index in [9.17, 15) is 17.6 Å². The van der Waals surface area contributed by atoms with Crippen LogP contribution in [-0.4, -0.2) is 27.1 Å². The van der Waals surface area contributed by atoms with Gasteiger partial charge in [0.15, 0.2) is 0 Å². The summed E-state index contributed by atoms with van der Waals surface area (Å²) in [5, 5.41) is 3.87. The van der Waals surface area contributed by atoms with Gasteiger partial charge >= 0.3 is 0 Å². The van der Waals surface area contributed by atoms with E-state index in [0.29, 0.717) is 5.69 Å². The summed E-state index contributed by atoms with van der Waals surface area (Å²) < 4.78 is 40.5. The van der Waals surface area contributed by atoms with Gasteiger partial charge in [-0.05, 0) is 48.9 Å². The molecule has 0 bridgehead atoms. The van der Waals surface area contributed by atoms with E-state index in [0.717, 1.165) is 39.7 Å². The highest BCUT2D eigenvalue weighted by molar-refractivity contribution is 7.92. The quantitative estimate of drug-likeness (QED) is 0.465. The number of anilines is 1. The number of nitrogens with one attached hydrogen (secondary N) is 1. The van der Waals surface area contributed by atoms with Gasteiger partial charge in [0.05, 0.1) is 16.8 Å². The van der Waals surface area contributed by atoms with Crippen LogP contribution in [0, 0.1) is 12.7 Å². The van der Waals surface area contributed by atoms with E-state index < -0.39 is 28.3 Å². The van der Waals surface area contributed by atoms with Crippen LogP contribution in [0.4, 0.5) is 10.1 Å². The van der Waals surface area contributed by atoms with E-state index >= 15 is 0 Å². The summed E-state index contributed by atoms with van der Waals surface area (Å²) in [6.45, 7) is 1.38. The number of aryl methyl sites for hydroxylation is 1. The van der Waals surface area contributed by atoms with Crippen molar-refractivity contribution < 1.29 is 17.6 Å². The number of rotatable bonds is 7. The second kappa shape index (κ2) is 9.32. The molecule has 0 spiro atoms. The highest BCUT2D eigenvalue weighted by atomic mass is 32.2. The van der Waals surface area contributed by atoms with Gasteiger partial charge in [0.25, 0.3) is 15.9 Å². The second-order valence-electron chi connectivity index (χ2n) is 6.51. The summed E-state index contributed by atoms with van der Waals surface area (Å²) in [6, 6.07) is 20.3. The molecule has 0 saturated carbocycles. The van der Waals surface area contributed by atoms with Crippen LogP contribution in [0.5, 0.6) is 0 Å². The number of carbonyl (C=O) groups is 1. The maximum atomic E-state index is 13.2. The van der Waals surface area contributed by atoms with Gasteiger partial charge in [-0.3, -0.25) is 9.10 Å². The average molecular weight is 425 g/mol. The SMILES string of the molecule is Cc1ccc(N(CC(=O)NN=Cc2ccccc2)S(=O)(=O)c2ccc(F)cc2)cc1. The number of amides is 1. The topological polar surface area (TPSA) is 78.8 Å². The lowest BCUT2D eigenvalue weighted by molar-refractivity contribution is -0.119. The van der Waals surface area contributed by atoms with Crippen LogP contribution in [-0.2, 0) is 14.8 Å². The molecule has 0 aliphatic carbocycles. The molecule has 0 heterocycles. The van der Waals surface area contributed by atoms with Gasteiger partial charge in [-0.2, -0.15) is 5.10 Å². The maximum absolute atomic E-state index is 13.2. The van der Waals surface area contributed by atoms with Gasteiger partial charge in [-0.15, -0.1) is 0 Å². The van der Waals surface area contributed by atoms with Crippen molar-refractivity contribution in [1.29, 1.82) is 0 Å². The molecule has 0 aliphatic rings. The number of hydrazone groups is 1. The van der Waals surface area contributed by atoms with Crippen molar-refractivity contribution >= 4 is 27.8 Å². The van der Waals surface area contributed by atoms with E-state index in [-0.39, 0.29) is 4.90 Å². The molecule has 1 N–H and O–H groups in total. The molecule has 0 atom stereocenters. The van der Waals surface area contributed by atoms with Gasteiger partial charge in [0.1, 0.15) is 12.4 Å². The molecule has 6 nitrogen and oxygen atoms in total. The molecule has 0 fully saturated rings. The molecule has 30 heavy (non-hydrogen) atoms. The zero-order chi connectivity index (χ0) is 21.6. The number of hydrogen-bond acceptors (Lipinski definition) is 4. The Labute approximate surface area is 174 Å². The molecule has 154 valence electrons. The first-order chi connectivity index (χ1) is 14.4. The summed E-state index contributed by atoms with van der Waals surface area (Å²) in [7, 11) is -4.10. The van der Waals surface area contributed by atoms with Crippen LogP contribution >= 0.6 is 0 Å². The molecule has 0 aromatic heterocycles. The van der Waals surface area contributed by atoms with Crippen LogP contribution in [0.1, 0.15) is 11.1 Å².